The van der Waals surface area contributed by atoms with Crippen LogP contribution in [0.2, 0.25) is 5.02 Å². The highest BCUT2D eigenvalue weighted by molar-refractivity contribution is 7.19. The largest absolute Gasteiger partial charge is 0.397 e. The second-order valence-corrected chi connectivity index (χ2v) is 6.23. The van der Waals surface area contributed by atoms with Crippen LogP contribution in [0, 0.1) is 0 Å². The van der Waals surface area contributed by atoms with Crippen LogP contribution in [0.5, 0.6) is 0 Å². The van der Waals surface area contributed by atoms with E-state index in [0.29, 0.717) is 10.7 Å². The molecule has 1 saturated heterocycles. The van der Waals surface area contributed by atoms with E-state index in [0.717, 1.165) is 40.8 Å². The van der Waals surface area contributed by atoms with Crippen LogP contribution in [0.25, 0.3) is 15.5 Å². The Bertz CT molecular complexity index is 808. The Morgan fingerprint density at radius 2 is 2.29 bits per heavy atom. The number of hydrogen-bond donors (Lipinski definition) is 1. The molecule has 108 valence electrons. The smallest absolute Gasteiger partial charge is 0.235 e. The van der Waals surface area contributed by atoms with Gasteiger partial charge in [0.2, 0.25) is 4.96 Å². The van der Waals surface area contributed by atoms with Gasteiger partial charge in [-0.15, -0.1) is 10.2 Å². The minimum absolute atomic E-state index is 0.0216. The fourth-order valence-corrected chi connectivity index (χ4v) is 3.51. The number of rotatable bonds is 2. The molecule has 1 aliphatic rings. The van der Waals surface area contributed by atoms with E-state index >= 15 is 0 Å². The van der Waals surface area contributed by atoms with Crippen LogP contribution in [-0.4, -0.2) is 26.4 Å². The quantitative estimate of drug-likeness (QED) is 0.734. The van der Waals surface area contributed by atoms with Crippen molar-refractivity contribution < 1.29 is 4.74 Å². The van der Waals surface area contributed by atoms with E-state index in [-0.39, 0.29) is 6.10 Å². The van der Waals surface area contributed by atoms with E-state index in [1.165, 1.54) is 11.3 Å². The second-order valence-electron chi connectivity index (χ2n) is 4.86. The molecule has 0 bridgehead atoms. The molecule has 4 rings (SSSR count). The Hall–Kier alpha value is -1.70. The van der Waals surface area contributed by atoms with Crippen LogP contribution in [0.4, 0.5) is 5.69 Å². The lowest BCUT2D eigenvalue weighted by molar-refractivity contribution is 0.103. The van der Waals surface area contributed by atoms with Crippen molar-refractivity contribution in [3.63, 3.8) is 0 Å². The van der Waals surface area contributed by atoms with Gasteiger partial charge in [-0.25, -0.2) is 0 Å². The molecule has 0 radical (unpaired) electrons. The molecular weight excluding hydrogens is 310 g/mol. The number of anilines is 1. The number of fused-ring (bicyclic) bond motifs is 1. The summed E-state index contributed by atoms with van der Waals surface area (Å²) in [6.07, 6.45) is 1.97. The van der Waals surface area contributed by atoms with Gasteiger partial charge in [0.1, 0.15) is 11.1 Å². The van der Waals surface area contributed by atoms with E-state index in [4.69, 9.17) is 22.1 Å². The molecule has 3 heterocycles. The summed E-state index contributed by atoms with van der Waals surface area (Å²) in [5.74, 6) is 0.755. The first-order valence-corrected chi connectivity index (χ1v) is 7.81. The minimum atomic E-state index is -0.0216. The van der Waals surface area contributed by atoms with E-state index in [1.54, 1.807) is 10.6 Å². The Labute approximate surface area is 129 Å². The van der Waals surface area contributed by atoms with E-state index in [1.807, 2.05) is 12.1 Å². The van der Waals surface area contributed by atoms with Crippen LogP contribution in [0.3, 0.4) is 0 Å². The molecule has 1 aliphatic heterocycles. The fraction of sp³-hybridized carbons (Fsp3) is 0.308. The molecule has 1 aromatic carbocycles. The number of nitrogens with two attached hydrogens (primary N) is 1. The van der Waals surface area contributed by atoms with Gasteiger partial charge in [0.25, 0.3) is 0 Å². The molecule has 1 atom stereocenters. The molecule has 2 aromatic heterocycles. The van der Waals surface area contributed by atoms with Crippen LogP contribution in [0.15, 0.2) is 18.2 Å². The highest BCUT2D eigenvalue weighted by Crippen LogP contribution is 2.35. The van der Waals surface area contributed by atoms with E-state index in [9.17, 15) is 0 Å². The molecule has 0 aliphatic carbocycles. The molecule has 21 heavy (non-hydrogen) atoms. The maximum Gasteiger partial charge on any atom is 0.235 e. The fourth-order valence-electron chi connectivity index (χ4n) is 2.45. The van der Waals surface area contributed by atoms with Crippen molar-refractivity contribution in [2.75, 3.05) is 12.3 Å². The molecule has 3 aromatic rings. The van der Waals surface area contributed by atoms with Gasteiger partial charge in [0.05, 0.1) is 10.7 Å². The van der Waals surface area contributed by atoms with Crippen molar-refractivity contribution in [2.45, 2.75) is 18.9 Å². The zero-order valence-electron chi connectivity index (χ0n) is 11.0. The summed E-state index contributed by atoms with van der Waals surface area (Å²) in [5, 5.41) is 14.3. The average Bonchev–Trinajstić information content (AvgIpc) is 3.16. The standard InChI is InChI=1S/C13H12ClN5OS/c14-8-4-1-3-7(10(8)15)12-18-19-11(9-5-2-6-20-9)16-17-13(19)21-12/h1,3-4,9H,2,5-6,15H2. The maximum absolute atomic E-state index is 6.07. The van der Waals surface area contributed by atoms with Crippen LogP contribution in [-0.2, 0) is 4.74 Å². The zero-order valence-corrected chi connectivity index (χ0v) is 12.6. The number of benzene rings is 1. The molecule has 8 heteroatoms. The van der Waals surface area contributed by atoms with Gasteiger partial charge in [0.15, 0.2) is 5.82 Å². The number of nitrogen functional groups attached to an aromatic ring is 1. The third kappa shape index (κ3) is 2.08. The lowest BCUT2D eigenvalue weighted by Crippen LogP contribution is -2.03. The SMILES string of the molecule is Nc1c(Cl)cccc1-c1nn2c(C3CCCO3)nnc2s1. The Morgan fingerprint density at radius 3 is 3.10 bits per heavy atom. The van der Waals surface area contributed by atoms with Gasteiger partial charge in [-0.1, -0.05) is 29.0 Å². The first kappa shape index (κ1) is 13.0. The van der Waals surface area contributed by atoms with Gasteiger partial charge < -0.3 is 10.5 Å². The number of hydrogen-bond acceptors (Lipinski definition) is 6. The van der Waals surface area contributed by atoms with Crippen LogP contribution in [0.1, 0.15) is 24.8 Å². The number of ether oxygens (including phenoxy) is 1. The van der Waals surface area contributed by atoms with Crippen LogP contribution < -0.4 is 5.73 Å². The molecular formula is C13H12ClN5OS. The Kier molecular flexibility index (Phi) is 3.06. The third-order valence-electron chi connectivity index (χ3n) is 3.52. The van der Waals surface area contributed by atoms with E-state index < -0.39 is 0 Å². The van der Waals surface area contributed by atoms with Gasteiger partial charge >= 0.3 is 0 Å². The maximum atomic E-state index is 6.07. The topological polar surface area (TPSA) is 78.3 Å². The van der Waals surface area contributed by atoms with Gasteiger partial charge in [-0.2, -0.15) is 9.61 Å². The summed E-state index contributed by atoms with van der Waals surface area (Å²) in [4.78, 5) is 0.731. The Balaban J connectivity index is 1.82. The normalized spacial score (nSPS) is 18.6. The summed E-state index contributed by atoms with van der Waals surface area (Å²) in [7, 11) is 0. The molecule has 6 nitrogen and oxygen atoms in total. The average molecular weight is 322 g/mol. The van der Waals surface area contributed by atoms with Crippen LogP contribution >= 0.6 is 22.9 Å². The second kappa shape index (κ2) is 4.94. The number of halogens is 1. The van der Waals surface area contributed by atoms with Gasteiger partial charge in [-0.05, 0) is 25.0 Å². The summed E-state index contributed by atoms with van der Waals surface area (Å²) in [6, 6.07) is 5.52. The highest BCUT2D eigenvalue weighted by Gasteiger charge is 2.25. The monoisotopic (exact) mass is 321 g/mol. The van der Waals surface area contributed by atoms with E-state index in [2.05, 4.69) is 15.3 Å². The first-order valence-electron chi connectivity index (χ1n) is 6.62. The van der Waals surface area contributed by atoms with Crippen molar-refractivity contribution in [1.29, 1.82) is 0 Å². The van der Waals surface area contributed by atoms with Crippen molar-refractivity contribution in [2.24, 2.45) is 0 Å². The van der Waals surface area contributed by atoms with Crippen molar-refractivity contribution in [3.8, 4) is 10.6 Å². The summed E-state index contributed by atoms with van der Waals surface area (Å²) in [6.45, 7) is 0.762. The molecule has 2 N–H and O–H groups in total. The predicted molar refractivity (Wildman–Crippen MR) is 81.4 cm³/mol. The van der Waals surface area contributed by atoms with Gasteiger partial charge in [-0.3, -0.25) is 0 Å². The molecule has 0 saturated carbocycles. The molecule has 1 unspecified atom stereocenters. The zero-order chi connectivity index (χ0) is 14.4. The number of nitrogens with zero attached hydrogens (tertiary/aromatic N) is 4. The summed E-state index contributed by atoms with van der Waals surface area (Å²) in [5.41, 5.74) is 7.38. The van der Waals surface area contributed by atoms with Crippen molar-refractivity contribution in [1.82, 2.24) is 19.8 Å². The number of aromatic nitrogens is 4. The summed E-state index contributed by atoms with van der Waals surface area (Å²) < 4.78 is 7.41. The first-order chi connectivity index (χ1) is 10.2. The van der Waals surface area contributed by atoms with Gasteiger partial charge in [0, 0.05) is 12.2 Å². The minimum Gasteiger partial charge on any atom is -0.397 e. The van der Waals surface area contributed by atoms with Crippen molar-refractivity contribution >= 4 is 33.6 Å². The number of para-hydroxylation sites is 1. The lowest BCUT2D eigenvalue weighted by atomic mass is 10.2. The Morgan fingerprint density at radius 1 is 1.38 bits per heavy atom. The molecule has 0 amide bonds. The molecule has 0 spiro atoms. The molecule has 1 fully saturated rings. The lowest BCUT2D eigenvalue weighted by Gasteiger charge is -2.05. The van der Waals surface area contributed by atoms with Crippen molar-refractivity contribution in [3.05, 3.63) is 29.0 Å². The summed E-state index contributed by atoms with van der Waals surface area (Å²) >= 11 is 7.51. The predicted octanol–water partition coefficient (Wildman–Crippen LogP) is 2.94. The third-order valence-corrected chi connectivity index (χ3v) is 4.78. The highest BCUT2D eigenvalue weighted by atomic mass is 35.5.